The van der Waals surface area contributed by atoms with Gasteiger partial charge in [0.2, 0.25) is 0 Å². The van der Waals surface area contributed by atoms with E-state index in [2.05, 4.69) is 31.9 Å². The molecule has 0 radical (unpaired) electrons. The third kappa shape index (κ3) is 3.61. The zero-order valence-corrected chi connectivity index (χ0v) is 10.1. The maximum Gasteiger partial charge on any atom is 0.131 e. The number of alkyl halides is 1. The molecule has 13 heavy (non-hydrogen) atoms. The smallest absolute Gasteiger partial charge is 0.131 e. The predicted molar refractivity (Wildman–Crippen MR) is 61.5 cm³/mol. The van der Waals surface area contributed by atoms with Gasteiger partial charge in [0.25, 0.3) is 0 Å². The van der Waals surface area contributed by atoms with E-state index in [9.17, 15) is 4.39 Å². The maximum atomic E-state index is 13.2. The summed E-state index contributed by atoms with van der Waals surface area (Å²) in [4.78, 5) is 0. The molecule has 0 atom stereocenters. The van der Waals surface area contributed by atoms with Crippen LogP contribution in [0.25, 0.3) is 6.08 Å². The first kappa shape index (κ1) is 10.9. The van der Waals surface area contributed by atoms with Gasteiger partial charge in [0.1, 0.15) is 5.82 Å². The summed E-state index contributed by atoms with van der Waals surface area (Å²) < 4.78 is 14.0. The average molecular weight is 308 g/mol. The fourth-order valence-electron chi connectivity index (χ4n) is 0.910. The van der Waals surface area contributed by atoms with Crippen LogP contribution >= 0.6 is 31.9 Å². The van der Waals surface area contributed by atoms with Gasteiger partial charge in [-0.2, -0.15) is 0 Å². The first-order valence-electron chi connectivity index (χ1n) is 3.91. The quantitative estimate of drug-likeness (QED) is 0.727. The fourth-order valence-corrected chi connectivity index (χ4v) is 1.51. The van der Waals surface area contributed by atoms with Crippen LogP contribution in [0.4, 0.5) is 4.39 Å². The molecule has 0 spiro atoms. The van der Waals surface area contributed by atoms with Crippen molar-refractivity contribution in [3.63, 3.8) is 0 Å². The molecule has 0 N–H and O–H groups in total. The van der Waals surface area contributed by atoms with Crippen LogP contribution in [0, 0.1) is 5.82 Å². The second-order valence-corrected chi connectivity index (χ2v) is 4.25. The van der Waals surface area contributed by atoms with Crippen LogP contribution in [-0.2, 0) is 0 Å². The summed E-state index contributed by atoms with van der Waals surface area (Å²) in [5, 5.41) is 0.904. The molecule has 0 bridgehead atoms. The summed E-state index contributed by atoms with van der Waals surface area (Å²) in [7, 11) is 0. The van der Waals surface area contributed by atoms with Crippen LogP contribution in [0.2, 0.25) is 0 Å². The van der Waals surface area contributed by atoms with Crippen molar-refractivity contribution in [3.8, 4) is 0 Å². The molecule has 0 aliphatic heterocycles. The van der Waals surface area contributed by atoms with E-state index < -0.39 is 0 Å². The minimum absolute atomic E-state index is 0.194. The second-order valence-electron chi connectivity index (χ2n) is 2.55. The monoisotopic (exact) mass is 306 g/mol. The van der Waals surface area contributed by atoms with Crippen LogP contribution in [0.15, 0.2) is 28.7 Å². The molecule has 1 aromatic rings. The number of hydrogen-bond acceptors (Lipinski definition) is 0. The Hall–Kier alpha value is -0.150. The number of hydrogen-bond donors (Lipinski definition) is 0. The van der Waals surface area contributed by atoms with E-state index in [0.717, 1.165) is 16.2 Å². The van der Waals surface area contributed by atoms with E-state index in [-0.39, 0.29) is 5.82 Å². The standard InChI is InChI=1S/C10H9Br2F/c11-6-2-1-3-8-4-5-9(12)7-10(8)13/h1,3-5,7H,2,6H2. The molecule has 0 nitrogen and oxygen atoms in total. The van der Waals surface area contributed by atoms with Gasteiger partial charge in [-0.3, -0.25) is 0 Å². The van der Waals surface area contributed by atoms with Gasteiger partial charge in [-0.25, -0.2) is 4.39 Å². The largest absolute Gasteiger partial charge is 0.206 e. The molecule has 0 aliphatic carbocycles. The molecule has 0 heterocycles. The van der Waals surface area contributed by atoms with Crippen molar-refractivity contribution in [2.75, 3.05) is 5.33 Å². The SMILES string of the molecule is Fc1cc(Br)ccc1C=CCCBr. The Morgan fingerprint density at radius 3 is 2.77 bits per heavy atom. The van der Waals surface area contributed by atoms with Gasteiger partial charge < -0.3 is 0 Å². The topological polar surface area (TPSA) is 0 Å². The molecule has 0 amide bonds. The van der Waals surface area contributed by atoms with E-state index in [1.807, 2.05) is 12.1 Å². The summed E-state index contributed by atoms with van der Waals surface area (Å²) in [5.74, 6) is -0.194. The minimum atomic E-state index is -0.194. The molecular formula is C10H9Br2F. The molecule has 1 rings (SSSR count). The van der Waals surface area contributed by atoms with Crippen molar-refractivity contribution in [2.45, 2.75) is 6.42 Å². The first-order valence-corrected chi connectivity index (χ1v) is 5.83. The third-order valence-electron chi connectivity index (χ3n) is 1.54. The lowest BCUT2D eigenvalue weighted by atomic mass is 10.2. The van der Waals surface area contributed by atoms with Gasteiger partial charge in [-0.05, 0) is 18.6 Å². The van der Waals surface area contributed by atoms with Gasteiger partial charge in [0.05, 0.1) is 0 Å². The lowest BCUT2D eigenvalue weighted by molar-refractivity contribution is 0.624. The Kier molecular flexibility index (Phi) is 4.67. The van der Waals surface area contributed by atoms with Gasteiger partial charge in [-0.1, -0.05) is 50.1 Å². The van der Waals surface area contributed by atoms with Gasteiger partial charge >= 0.3 is 0 Å². The summed E-state index contributed by atoms with van der Waals surface area (Å²) in [6.45, 7) is 0. The zero-order valence-electron chi connectivity index (χ0n) is 6.93. The summed E-state index contributed by atoms with van der Waals surface area (Å²) in [6.07, 6.45) is 4.65. The van der Waals surface area contributed by atoms with Crippen LogP contribution in [0.3, 0.4) is 0 Å². The molecule has 70 valence electrons. The molecule has 3 heteroatoms. The van der Waals surface area contributed by atoms with E-state index >= 15 is 0 Å². The third-order valence-corrected chi connectivity index (χ3v) is 2.49. The normalized spacial score (nSPS) is 11.0. The van der Waals surface area contributed by atoms with Crippen LogP contribution in [0.1, 0.15) is 12.0 Å². The molecular weight excluding hydrogens is 299 g/mol. The number of rotatable bonds is 3. The van der Waals surface area contributed by atoms with E-state index in [1.54, 1.807) is 12.1 Å². The van der Waals surface area contributed by atoms with Crippen LogP contribution in [-0.4, -0.2) is 5.33 Å². The minimum Gasteiger partial charge on any atom is -0.206 e. The molecule has 1 aromatic carbocycles. The fraction of sp³-hybridized carbons (Fsp3) is 0.200. The highest BCUT2D eigenvalue weighted by Gasteiger charge is 1.97. The lowest BCUT2D eigenvalue weighted by Crippen LogP contribution is -1.81. The zero-order chi connectivity index (χ0) is 9.68. The maximum absolute atomic E-state index is 13.2. The molecule has 0 fully saturated rings. The highest BCUT2D eigenvalue weighted by molar-refractivity contribution is 9.10. The summed E-state index contributed by atoms with van der Waals surface area (Å²) >= 11 is 6.51. The molecule has 0 unspecified atom stereocenters. The Balaban J connectivity index is 2.77. The van der Waals surface area contributed by atoms with Crippen molar-refractivity contribution in [1.29, 1.82) is 0 Å². The molecule has 0 saturated carbocycles. The molecule has 0 aliphatic rings. The van der Waals surface area contributed by atoms with Crippen molar-refractivity contribution in [2.24, 2.45) is 0 Å². The van der Waals surface area contributed by atoms with Crippen molar-refractivity contribution in [1.82, 2.24) is 0 Å². The first-order chi connectivity index (χ1) is 6.24. The number of halogens is 3. The average Bonchev–Trinajstić information content (AvgIpc) is 2.09. The lowest BCUT2D eigenvalue weighted by Gasteiger charge is -1.96. The van der Waals surface area contributed by atoms with E-state index in [4.69, 9.17) is 0 Å². The second kappa shape index (κ2) is 5.55. The Labute approximate surface area is 94.1 Å². The Morgan fingerprint density at radius 1 is 1.38 bits per heavy atom. The van der Waals surface area contributed by atoms with Crippen molar-refractivity contribution >= 4 is 37.9 Å². The predicted octanol–water partition coefficient (Wildman–Crippen LogP) is 4.39. The Morgan fingerprint density at radius 2 is 2.15 bits per heavy atom. The summed E-state index contributed by atoms with van der Waals surface area (Å²) in [6, 6.07) is 5.05. The van der Waals surface area contributed by atoms with Gasteiger partial charge in [-0.15, -0.1) is 0 Å². The van der Waals surface area contributed by atoms with E-state index in [1.165, 1.54) is 6.07 Å². The van der Waals surface area contributed by atoms with Crippen LogP contribution in [0.5, 0.6) is 0 Å². The van der Waals surface area contributed by atoms with Crippen LogP contribution < -0.4 is 0 Å². The molecule has 0 saturated heterocycles. The highest BCUT2D eigenvalue weighted by atomic mass is 79.9. The van der Waals surface area contributed by atoms with Crippen molar-refractivity contribution in [3.05, 3.63) is 40.1 Å². The number of allylic oxidation sites excluding steroid dienone is 1. The van der Waals surface area contributed by atoms with Gasteiger partial charge in [0.15, 0.2) is 0 Å². The van der Waals surface area contributed by atoms with Gasteiger partial charge in [0, 0.05) is 15.4 Å². The van der Waals surface area contributed by atoms with E-state index in [0.29, 0.717) is 5.56 Å². The van der Waals surface area contributed by atoms with Crippen molar-refractivity contribution < 1.29 is 4.39 Å². The number of benzene rings is 1. The highest BCUT2D eigenvalue weighted by Crippen LogP contribution is 2.16. The summed E-state index contributed by atoms with van der Waals surface area (Å²) in [5.41, 5.74) is 0.629. The molecule has 0 aromatic heterocycles. The Bertz CT molecular complexity index is 308.